The number of rotatable bonds is 3. The molecule has 4 heteroatoms. The maximum absolute atomic E-state index is 10.6. The lowest BCUT2D eigenvalue weighted by Crippen LogP contribution is -2.00. The molecular weight excluding hydrogens is 170 g/mol. The summed E-state index contributed by atoms with van der Waals surface area (Å²) < 4.78 is 0. The summed E-state index contributed by atoms with van der Waals surface area (Å²) in [6, 6.07) is 6.40. The smallest absolute Gasteiger partial charge is 0.336 e. The molecule has 0 fully saturated rings. The highest BCUT2D eigenvalue weighted by Gasteiger charge is 2.07. The lowest BCUT2D eigenvalue weighted by molar-refractivity contribution is 0.0695. The van der Waals surface area contributed by atoms with Gasteiger partial charge in [0.15, 0.2) is 0 Å². The second kappa shape index (κ2) is 4.18. The highest BCUT2D eigenvalue weighted by molar-refractivity contribution is 5.89. The zero-order valence-corrected chi connectivity index (χ0v) is 6.73. The van der Waals surface area contributed by atoms with E-state index in [2.05, 4.69) is 4.99 Å². The molecule has 0 aromatic heterocycles. The van der Waals surface area contributed by atoms with E-state index in [-0.39, 0.29) is 12.1 Å². The van der Waals surface area contributed by atoms with Gasteiger partial charge in [-0.2, -0.15) is 0 Å². The van der Waals surface area contributed by atoms with Crippen LogP contribution in [0.5, 0.6) is 0 Å². The quantitative estimate of drug-likeness (QED) is 0.557. The number of benzene rings is 1. The molecule has 0 aliphatic rings. The number of carbonyl (C=O) groups excluding carboxylic acids is 1. The van der Waals surface area contributed by atoms with Crippen LogP contribution in [0, 0.1) is 0 Å². The van der Waals surface area contributed by atoms with Crippen molar-refractivity contribution in [3.05, 3.63) is 35.4 Å². The van der Waals surface area contributed by atoms with E-state index in [1.54, 1.807) is 18.2 Å². The van der Waals surface area contributed by atoms with Crippen LogP contribution in [0.25, 0.3) is 0 Å². The van der Waals surface area contributed by atoms with Crippen molar-refractivity contribution < 1.29 is 14.7 Å². The van der Waals surface area contributed by atoms with Crippen molar-refractivity contribution >= 4 is 12.0 Å². The van der Waals surface area contributed by atoms with Crippen molar-refractivity contribution in [1.82, 2.24) is 0 Å². The van der Waals surface area contributed by atoms with Crippen molar-refractivity contribution in [2.24, 2.45) is 4.99 Å². The predicted octanol–water partition coefficient (Wildman–Crippen LogP) is 1.22. The van der Waals surface area contributed by atoms with Crippen LogP contribution in [0.3, 0.4) is 0 Å². The fourth-order valence-electron chi connectivity index (χ4n) is 0.984. The second-order valence-electron chi connectivity index (χ2n) is 2.37. The van der Waals surface area contributed by atoms with Crippen LogP contribution in [0.1, 0.15) is 15.9 Å². The normalized spacial score (nSPS) is 8.92. The highest BCUT2D eigenvalue weighted by atomic mass is 16.4. The van der Waals surface area contributed by atoms with E-state index in [4.69, 9.17) is 5.11 Å². The minimum Gasteiger partial charge on any atom is -0.478 e. The van der Waals surface area contributed by atoms with Gasteiger partial charge in [-0.3, -0.25) is 0 Å². The van der Waals surface area contributed by atoms with Gasteiger partial charge >= 0.3 is 5.97 Å². The van der Waals surface area contributed by atoms with Gasteiger partial charge in [0.2, 0.25) is 6.08 Å². The molecule has 0 radical (unpaired) electrons. The van der Waals surface area contributed by atoms with Crippen LogP contribution in [0.2, 0.25) is 0 Å². The Balaban J connectivity index is 3.04. The summed E-state index contributed by atoms with van der Waals surface area (Å²) in [6.07, 6.45) is 1.36. The zero-order chi connectivity index (χ0) is 9.68. The topological polar surface area (TPSA) is 66.7 Å². The number of aromatic carboxylic acids is 1. The van der Waals surface area contributed by atoms with Crippen LogP contribution in [-0.2, 0) is 11.3 Å². The Labute approximate surface area is 74.5 Å². The minimum atomic E-state index is -1.02. The Morgan fingerprint density at radius 1 is 1.46 bits per heavy atom. The average Bonchev–Trinajstić information content (AvgIpc) is 2.15. The molecule has 1 aromatic carbocycles. The molecule has 0 heterocycles. The molecule has 1 rings (SSSR count). The summed E-state index contributed by atoms with van der Waals surface area (Å²) in [5.41, 5.74) is 0.680. The fourth-order valence-corrected chi connectivity index (χ4v) is 0.984. The van der Waals surface area contributed by atoms with E-state index in [0.717, 1.165) is 0 Å². The first-order chi connectivity index (χ1) is 6.25. The summed E-state index contributed by atoms with van der Waals surface area (Å²) in [5.74, 6) is -1.02. The standard InChI is InChI=1S/C9H7NO3/c11-6-10-5-7-3-1-2-4-8(7)9(12)13/h1-4H,5H2,(H,12,13). The van der Waals surface area contributed by atoms with Gasteiger partial charge in [0, 0.05) is 0 Å². The number of hydrogen-bond donors (Lipinski definition) is 1. The SMILES string of the molecule is O=C=NCc1ccccc1C(=O)O. The minimum absolute atomic E-state index is 0.0615. The first kappa shape index (κ1) is 9.16. The maximum atomic E-state index is 10.6. The zero-order valence-electron chi connectivity index (χ0n) is 6.73. The van der Waals surface area contributed by atoms with E-state index >= 15 is 0 Å². The van der Waals surface area contributed by atoms with Gasteiger partial charge in [-0.25, -0.2) is 14.6 Å². The van der Waals surface area contributed by atoms with Crippen LogP contribution >= 0.6 is 0 Å². The average molecular weight is 177 g/mol. The van der Waals surface area contributed by atoms with Gasteiger partial charge in [-0.05, 0) is 11.6 Å². The number of carboxylic acid groups (broad SMARTS) is 1. The largest absolute Gasteiger partial charge is 0.478 e. The Bertz CT molecular complexity index is 367. The Morgan fingerprint density at radius 3 is 2.77 bits per heavy atom. The van der Waals surface area contributed by atoms with Gasteiger partial charge in [0.1, 0.15) is 0 Å². The van der Waals surface area contributed by atoms with Crippen molar-refractivity contribution in [2.45, 2.75) is 6.54 Å². The van der Waals surface area contributed by atoms with Gasteiger partial charge in [-0.15, -0.1) is 0 Å². The summed E-state index contributed by atoms with van der Waals surface area (Å²) in [5, 5.41) is 8.72. The molecule has 0 aliphatic carbocycles. The van der Waals surface area contributed by atoms with E-state index < -0.39 is 5.97 Å². The van der Waals surface area contributed by atoms with Crippen molar-refractivity contribution in [2.75, 3.05) is 0 Å². The molecule has 0 atom stereocenters. The molecule has 0 saturated heterocycles. The number of hydrogen-bond acceptors (Lipinski definition) is 3. The molecule has 0 amide bonds. The first-order valence-corrected chi connectivity index (χ1v) is 3.60. The van der Waals surface area contributed by atoms with Crippen LogP contribution < -0.4 is 0 Å². The number of carbonyl (C=O) groups is 1. The van der Waals surface area contributed by atoms with E-state index in [9.17, 15) is 9.59 Å². The third-order valence-electron chi connectivity index (χ3n) is 1.56. The van der Waals surface area contributed by atoms with Crippen molar-refractivity contribution in [3.63, 3.8) is 0 Å². The van der Waals surface area contributed by atoms with Crippen LogP contribution in [-0.4, -0.2) is 17.2 Å². The molecule has 0 unspecified atom stereocenters. The Morgan fingerprint density at radius 2 is 2.15 bits per heavy atom. The molecule has 1 aromatic rings. The molecular formula is C9H7NO3. The second-order valence-corrected chi connectivity index (χ2v) is 2.37. The van der Waals surface area contributed by atoms with Crippen molar-refractivity contribution in [3.8, 4) is 0 Å². The van der Waals surface area contributed by atoms with E-state index in [1.807, 2.05) is 0 Å². The summed E-state index contributed by atoms with van der Waals surface area (Å²) >= 11 is 0. The Hall–Kier alpha value is -1.93. The van der Waals surface area contributed by atoms with E-state index in [1.165, 1.54) is 12.1 Å². The maximum Gasteiger partial charge on any atom is 0.336 e. The van der Waals surface area contributed by atoms with Gasteiger partial charge in [0.05, 0.1) is 12.1 Å². The number of isocyanates is 1. The van der Waals surface area contributed by atoms with Crippen LogP contribution in [0.4, 0.5) is 0 Å². The molecule has 0 aliphatic heterocycles. The fraction of sp³-hybridized carbons (Fsp3) is 0.111. The molecule has 4 nitrogen and oxygen atoms in total. The Kier molecular flexibility index (Phi) is 2.95. The summed E-state index contributed by atoms with van der Waals surface area (Å²) in [6.45, 7) is 0.0615. The lowest BCUT2D eigenvalue weighted by atomic mass is 10.1. The summed E-state index contributed by atoms with van der Waals surface area (Å²) in [4.78, 5) is 23.8. The summed E-state index contributed by atoms with van der Waals surface area (Å²) in [7, 11) is 0. The molecule has 66 valence electrons. The number of nitrogens with zero attached hydrogens (tertiary/aromatic N) is 1. The van der Waals surface area contributed by atoms with Crippen molar-refractivity contribution in [1.29, 1.82) is 0 Å². The predicted molar refractivity (Wildman–Crippen MR) is 45.2 cm³/mol. The third-order valence-corrected chi connectivity index (χ3v) is 1.56. The molecule has 1 N–H and O–H groups in total. The number of carboxylic acids is 1. The molecule has 13 heavy (non-hydrogen) atoms. The third kappa shape index (κ3) is 2.25. The van der Waals surface area contributed by atoms with Gasteiger partial charge < -0.3 is 5.11 Å². The monoisotopic (exact) mass is 177 g/mol. The molecule has 0 bridgehead atoms. The van der Waals surface area contributed by atoms with Crippen LogP contribution in [0.15, 0.2) is 29.3 Å². The first-order valence-electron chi connectivity index (χ1n) is 3.60. The molecule has 0 saturated carbocycles. The van der Waals surface area contributed by atoms with Gasteiger partial charge in [0.25, 0.3) is 0 Å². The van der Waals surface area contributed by atoms with Gasteiger partial charge in [-0.1, -0.05) is 18.2 Å². The highest BCUT2D eigenvalue weighted by Crippen LogP contribution is 2.09. The number of aliphatic imine (C=N–C) groups is 1. The lowest BCUT2D eigenvalue weighted by Gasteiger charge is -1.99. The van der Waals surface area contributed by atoms with E-state index in [0.29, 0.717) is 5.56 Å². The molecule has 0 spiro atoms.